The molecule has 2 fully saturated rings. The van der Waals surface area contributed by atoms with Gasteiger partial charge in [0.1, 0.15) is 12.4 Å². The van der Waals surface area contributed by atoms with Crippen molar-refractivity contribution in [3.05, 3.63) is 30.1 Å². The lowest BCUT2D eigenvalue weighted by Crippen LogP contribution is -2.41. The number of hydrogen-bond donors (Lipinski definition) is 1. The number of rotatable bonds is 3. The maximum Gasteiger partial charge on any atom is 0.194 e. The Morgan fingerprint density at radius 2 is 2.24 bits per heavy atom. The van der Waals surface area contributed by atoms with Gasteiger partial charge in [-0.05, 0) is 31.9 Å². The number of benzene rings is 1. The molecular weight excluding hydrogens is 314 g/mol. The highest BCUT2D eigenvalue weighted by atomic mass is 16.5. The molecule has 0 saturated carbocycles. The largest absolute Gasteiger partial charge is 0.381 e. The van der Waals surface area contributed by atoms with Crippen molar-refractivity contribution in [3.63, 3.8) is 0 Å². The molecular formula is C19H27N5O. The lowest BCUT2D eigenvalue weighted by molar-refractivity contribution is 0.156. The van der Waals surface area contributed by atoms with Gasteiger partial charge in [-0.1, -0.05) is 12.1 Å². The Kier molecular flexibility index (Phi) is 4.37. The van der Waals surface area contributed by atoms with E-state index in [2.05, 4.69) is 47.0 Å². The number of guanidine groups is 1. The van der Waals surface area contributed by atoms with Crippen molar-refractivity contribution in [2.45, 2.75) is 26.3 Å². The number of imidazole rings is 1. The normalized spacial score (nSPS) is 23.9. The lowest BCUT2D eigenvalue weighted by atomic mass is 9.87. The Labute approximate surface area is 148 Å². The number of nitrogens with zero attached hydrogens (tertiary/aromatic N) is 4. The summed E-state index contributed by atoms with van der Waals surface area (Å²) in [4.78, 5) is 12.0. The predicted octanol–water partition coefficient (Wildman–Crippen LogP) is 2.15. The van der Waals surface area contributed by atoms with Gasteiger partial charge in [0, 0.05) is 38.7 Å². The van der Waals surface area contributed by atoms with Crippen molar-refractivity contribution < 1.29 is 4.74 Å². The number of fused-ring (bicyclic) bond motifs is 1. The maximum absolute atomic E-state index is 5.65. The Balaban J connectivity index is 1.53. The summed E-state index contributed by atoms with van der Waals surface area (Å²) in [6, 6.07) is 8.23. The molecule has 2 aliphatic rings. The van der Waals surface area contributed by atoms with Gasteiger partial charge in [-0.15, -0.1) is 0 Å². The molecule has 3 heterocycles. The highest BCUT2D eigenvalue weighted by molar-refractivity contribution is 5.80. The first-order valence-corrected chi connectivity index (χ1v) is 9.22. The summed E-state index contributed by atoms with van der Waals surface area (Å²) in [5, 5.41) is 3.45. The minimum absolute atomic E-state index is 0.341. The van der Waals surface area contributed by atoms with Gasteiger partial charge >= 0.3 is 0 Å². The average molecular weight is 341 g/mol. The van der Waals surface area contributed by atoms with E-state index in [0.717, 1.165) is 55.7 Å². The number of likely N-dealkylation sites (tertiary alicyclic amines) is 1. The smallest absolute Gasteiger partial charge is 0.194 e. The summed E-state index contributed by atoms with van der Waals surface area (Å²) in [6.45, 7) is 7.48. The van der Waals surface area contributed by atoms with Gasteiger partial charge in [-0.25, -0.2) is 9.98 Å². The van der Waals surface area contributed by atoms with Crippen LogP contribution >= 0.6 is 0 Å². The number of aryl methyl sites for hydroxylation is 1. The molecule has 1 atom stereocenters. The van der Waals surface area contributed by atoms with Crippen molar-refractivity contribution >= 4 is 17.0 Å². The first-order chi connectivity index (χ1) is 12.2. The zero-order valence-electron chi connectivity index (χ0n) is 15.2. The number of aromatic nitrogens is 2. The molecule has 0 aliphatic carbocycles. The van der Waals surface area contributed by atoms with Crippen molar-refractivity contribution in [1.82, 2.24) is 19.8 Å². The average Bonchev–Trinajstić information content (AvgIpc) is 3.34. The van der Waals surface area contributed by atoms with Gasteiger partial charge in [0.05, 0.1) is 17.6 Å². The van der Waals surface area contributed by atoms with E-state index >= 15 is 0 Å². The minimum atomic E-state index is 0.341. The van der Waals surface area contributed by atoms with Crippen molar-refractivity contribution in [3.8, 4) is 0 Å². The molecule has 25 heavy (non-hydrogen) atoms. The van der Waals surface area contributed by atoms with Crippen LogP contribution in [0.1, 0.15) is 25.6 Å². The van der Waals surface area contributed by atoms with Gasteiger partial charge in [-0.2, -0.15) is 0 Å². The van der Waals surface area contributed by atoms with Crippen molar-refractivity contribution in [1.29, 1.82) is 0 Å². The lowest BCUT2D eigenvalue weighted by Gasteiger charge is -2.24. The highest BCUT2D eigenvalue weighted by Gasteiger charge is 2.42. The second-order valence-electron chi connectivity index (χ2n) is 7.22. The summed E-state index contributed by atoms with van der Waals surface area (Å²) < 4.78 is 7.79. The molecule has 0 bridgehead atoms. The third-order valence-electron chi connectivity index (χ3n) is 5.51. The molecule has 1 unspecified atom stereocenters. The summed E-state index contributed by atoms with van der Waals surface area (Å²) in [5.74, 6) is 1.99. The van der Waals surface area contributed by atoms with Gasteiger partial charge in [0.25, 0.3) is 0 Å². The summed E-state index contributed by atoms with van der Waals surface area (Å²) in [6.07, 6.45) is 2.37. The Morgan fingerprint density at radius 3 is 3.00 bits per heavy atom. The Hall–Kier alpha value is -2.08. The summed E-state index contributed by atoms with van der Waals surface area (Å²) in [7, 11) is 2.06. The SMILES string of the molecule is CCNC(=NCc1nc2ccccc2n1C)N1CCC2(CCOC2)C1. The van der Waals surface area contributed by atoms with Crippen LogP contribution in [0.2, 0.25) is 0 Å². The molecule has 2 aromatic rings. The summed E-state index contributed by atoms with van der Waals surface area (Å²) in [5.41, 5.74) is 2.53. The van der Waals surface area contributed by atoms with Crippen LogP contribution < -0.4 is 5.32 Å². The molecule has 1 N–H and O–H groups in total. The third-order valence-corrected chi connectivity index (χ3v) is 5.51. The van der Waals surface area contributed by atoms with E-state index in [1.54, 1.807) is 0 Å². The number of para-hydroxylation sites is 2. The second-order valence-corrected chi connectivity index (χ2v) is 7.22. The van der Waals surface area contributed by atoms with Gasteiger partial charge in [-0.3, -0.25) is 0 Å². The summed E-state index contributed by atoms with van der Waals surface area (Å²) >= 11 is 0. The molecule has 1 aromatic carbocycles. The van der Waals surface area contributed by atoms with Gasteiger partial charge < -0.3 is 19.5 Å². The zero-order chi connectivity index (χ0) is 17.3. The monoisotopic (exact) mass is 341 g/mol. The Morgan fingerprint density at radius 1 is 1.36 bits per heavy atom. The van der Waals surface area contributed by atoms with Crippen LogP contribution in [0.15, 0.2) is 29.3 Å². The molecule has 1 aromatic heterocycles. The van der Waals surface area contributed by atoms with E-state index in [-0.39, 0.29) is 0 Å². The third kappa shape index (κ3) is 3.11. The molecule has 6 nitrogen and oxygen atoms in total. The van der Waals surface area contributed by atoms with E-state index in [1.165, 1.54) is 12.8 Å². The molecule has 0 radical (unpaired) electrons. The standard InChI is InChI=1S/C19H27N5O/c1-3-20-18(24-10-8-19(13-24)9-11-25-14-19)21-12-17-22-15-6-4-5-7-16(15)23(17)2/h4-7H,3,8-14H2,1-2H3,(H,20,21). The first-order valence-electron chi connectivity index (χ1n) is 9.22. The van der Waals surface area contributed by atoms with Crippen molar-refractivity contribution in [2.24, 2.45) is 17.5 Å². The van der Waals surface area contributed by atoms with E-state index < -0.39 is 0 Å². The van der Waals surface area contributed by atoms with Gasteiger partial charge in [0.15, 0.2) is 5.96 Å². The molecule has 2 aliphatic heterocycles. The molecule has 0 amide bonds. The van der Waals surface area contributed by atoms with Crippen LogP contribution in [0.5, 0.6) is 0 Å². The van der Waals surface area contributed by atoms with Crippen LogP contribution in [-0.4, -0.2) is 53.3 Å². The minimum Gasteiger partial charge on any atom is -0.381 e. The molecule has 1 spiro atoms. The molecule has 4 rings (SSSR count). The van der Waals surface area contributed by atoms with Gasteiger partial charge in [0.2, 0.25) is 0 Å². The molecule has 2 saturated heterocycles. The number of ether oxygens (including phenoxy) is 1. The number of aliphatic imine (C=N–C) groups is 1. The number of nitrogens with one attached hydrogen (secondary N) is 1. The van der Waals surface area contributed by atoms with E-state index in [9.17, 15) is 0 Å². The maximum atomic E-state index is 5.65. The fourth-order valence-electron chi connectivity index (χ4n) is 4.00. The van der Waals surface area contributed by atoms with E-state index in [1.807, 2.05) is 6.07 Å². The van der Waals surface area contributed by atoms with Crippen LogP contribution in [0.25, 0.3) is 11.0 Å². The van der Waals surface area contributed by atoms with Crippen LogP contribution in [0.3, 0.4) is 0 Å². The quantitative estimate of drug-likeness (QED) is 0.687. The second kappa shape index (κ2) is 6.67. The van der Waals surface area contributed by atoms with Crippen molar-refractivity contribution in [2.75, 3.05) is 32.8 Å². The number of hydrogen-bond acceptors (Lipinski definition) is 3. The predicted molar refractivity (Wildman–Crippen MR) is 99.6 cm³/mol. The molecule has 134 valence electrons. The fraction of sp³-hybridized carbons (Fsp3) is 0.579. The highest BCUT2D eigenvalue weighted by Crippen LogP contribution is 2.38. The van der Waals surface area contributed by atoms with Crippen LogP contribution in [-0.2, 0) is 18.3 Å². The zero-order valence-corrected chi connectivity index (χ0v) is 15.2. The van der Waals surface area contributed by atoms with E-state index in [4.69, 9.17) is 14.7 Å². The Bertz CT molecular complexity index is 775. The first kappa shape index (κ1) is 16.4. The topological polar surface area (TPSA) is 54.7 Å². The fourth-order valence-corrected chi connectivity index (χ4v) is 4.00. The van der Waals surface area contributed by atoms with Crippen LogP contribution in [0, 0.1) is 5.41 Å². The van der Waals surface area contributed by atoms with Crippen LogP contribution in [0.4, 0.5) is 0 Å². The van der Waals surface area contributed by atoms with E-state index in [0.29, 0.717) is 12.0 Å². The molecule has 6 heteroatoms.